The molecule has 4 nitrogen and oxygen atoms in total. The summed E-state index contributed by atoms with van der Waals surface area (Å²) in [6.07, 6.45) is 0. The normalized spacial score (nSPS) is 11.1. The van der Waals surface area contributed by atoms with Gasteiger partial charge in [-0.15, -0.1) is 11.3 Å². The van der Waals surface area contributed by atoms with Crippen molar-refractivity contribution in [2.45, 2.75) is 27.7 Å². The Labute approximate surface area is 162 Å². The van der Waals surface area contributed by atoms with E-state index in [1.807, 2.05) is 61.9 Å². The van der Waals surface area contributed by atoms with Gasteiger partial charge in [-0.25, -0.2) is 4.68 Å². The van der Waals surface area contributed by atoms with Crippen molar-refractivity contribution in [3.63, 3.8) is 0 Å². The number of aryl methyl sites for hydroxylation is 4. The minimum atomic E-state index is -0.0785. The fourth-order valence-corrected chi connectivity index (χ4v) is 4.53. The number of nitrogens with zero attached hydrogens (tertiary/aromatic N) is 2. The Bertz CT molecular complexity index is 1130. The van der Waals surface area contributed by atoms with Gasteiger partial charge < -0.3 is 5.32 Å². The molecule has 0 aliphatic carbocycles. The minimum Gasteiger partial charge on any atom is -0.321 e. The number of benzene rings is 2. The highest BCUT2D eigenvalue weighted by Gasteiger charge is 2.18. The predicted octanol–water partition coefficient (Wildman–Crippen LogP) is 5.57. The van der Waals surface area contributed by atoms with E-state index in [4.69, 9.17) is 0 Å². The van der Waals surface area contributed by atoms with Crippen molar-refractivity contribution < 1.29 is 4.79 Å². The molecule has 0 radical (unpaired) electrons. The molecule has 0 bridgehead atoms. The summed E-state index contributed by atoms with van der Waals surface area (Å²) in [6.45, 7) is 8.09. The van der Waals surface area contributed by atoms with Crippen LogP contribution in [0.3, 0.4) is 0 Å². The summed E-state index contributed by atoms with van der Waals surface area (Å²) in [5, 5.41) is 8.75. The Balaban J connectivity index is 1.72. The molecule has 0 spiro atoms. The number of rotatable bonds is 3. The van der Waals surface area contributed by atoms with Gasteiger partial charge in [-0.3, -0.25) is 4.79 Å². The molecule has 0 atom stereocenters. The van der Waals surface area contributed by atoms with Gasteiger partial charge in [-0.05, 0) is 57.0 Å². The molecular weight excluding hydrogens is 354 g/mol. The number of amides is 1. The van der Waals surface area contributed by atoms with Gasteiger partial charge in [0.15, 0.2) is 0 Å². The molecule has 0 saturated heterocycles. The molecule has 0 unspecified atom stereocenters. The van der Waals surface area contributed by atoms with Gasteiger partial charge in [0.05, 0.1) is 16.3 Å². The average molecular weight is 375 g/mol. The van der Waals surface area contributed by atoms with E-state index in [0.717, 1.165) is 38.4 Å². The molecule has 2 aromatic heterocycles. The fourth-order valence-electron chi connectivity index (χ4n) is 3.46. The molecule has 1 N–H and O–H groups in total. The van der Waals surface area contributed by atoms with Crippen LogP contribution in [0.2, 0.25) is 0 Å². The third-order valence-corrected chi connectivity index (χ3v) is 5.79. The van der Waals surface area contributed by atoms with Crippen LogP contribution >= 0.6 is 11.3 Å². The summed E-state index contributed by atoms with van der Waals surface area (Å²) in [5.41, 5.74) is 6.16. The first-order valence-electron chi connectivity index (χ1n) is 8.88. The number of carbonyl (C=O) groups is 1. The number of hydrogen-bond donors (Lipinski definition) is 1. The first kappa shape index (κ1) is 17.5. The summed E-state index contributed by atoms with van der Waals surface area (Å²) in [6, 6.07) is 16.1. The summed E-state index contributed by atoms with van der Waals surface area (Å²) >= 11 is 1.47. The van der Waals surface area contributed by atoms with E-state index in [1.54, 1.807) is 0 Å². The molecule has 4 aromatic rings. The van der Waals surface area contributed by atoms with E-state index in [9.17, 15) is 4.79 Å². The second-order valence-corrected chi connectivity index (χ2v) is 7.92. The first-order valence-corrected chi connectivity index (χ1v) is 9.69. The third-order valence-electron chi connectivity index (χ3n) is 4.68. The Morgan fingerprint density at radius 2 is 1.67 bits per heavy atom. The Morgan fingerprint density at radius 1 is 1.00 bits per heavy atom. The van der Waals surface area contributed by atoms with Gasteiger partial charge in [0.2, 0.25) is 0 Å². The lowest BCUT2D eigenvalue weighted by Crippen LogP contribution is -2.12. The minimum absolute atomic E-state index is 0.0785. The van der Waals surface area contributed by atoms with Gasteiger partial charge in [0.25, 0.3) is 5.91 Å². The molecule has 1 amide bonds. The molecule has 5 heteroatoms. The summed E-state index contributed by atoms with van der Waals surface area (Å²) < 4.78 is 1.91. The second-order valence-electron chi connectivity index (χ2n) is 6.89. The molecular formula is C22H21N3OS. The van der Waals surface area contributed by atoms with Crippen LogP contribution < -0.4 is 5.32 Å². The van der Waals surface area contributed by atoms with Crippen LogP contribution in [-0.4, -0.2) is 15.7 Å². The number of aromatic nitrogens is 2. The number of carbonyl (C=O) groups excluding carboxylic acids is 1. The van der Waals surface area contributed by atoms with Crippen molar-refractivity contribution in [3.05, 3.63) is 75.8 Å². The number of nitrogens with one attached hydrogen (secondary N) is 1. The van der Waals surface area contributed by atoms with E-state index < -0.39 is 0 Å². The standard InChI is InChI=1S/C22H21N3OS/c1-13-10-14(2)20(15(3)11-13)23-21(26)19-12-18-16(4)24-25(22(18)27-19)17-8-6-5-7-9-17/h5-12H,1-4H3,(H,23,26). The van der Waals surface area contributed by atoms with Crippen molar-refractivity contribution in [1.29, 1.82) is 0 Å². The molecule has 4 rings (SSSR count). The highest BCUT2D eigenvalue weighted by Crippen LogP contribution is 2.31. The maximum absolute atomic E-state index is 12.9. The number of anilines is 1. The maximum atomic E-state index is 12.9. The first-order chi connectivity index (χ1) is 12.9. The van der Waals surface area contributed by atoms with Gasteiger partial charge in [-0.2, -0.15) is 5.10 Å². The van der Waals surface area contributed by atoms with Crippen LogP contribution in [0.15, 0.2) is 48.5 Å². The lowest BCUT2D eigenvalue weighted by Gasteiger charge is -2.12. The van der Waals surface area contributed by atoms with Crippen molar-refractivity contribution in [3.8, 4) is 5.69 Å². The van der Waals surface area contributed by atoms with Crippen LogP contribution in [0.4, 0.5) is 5.69 Å². The monoisotopic (exact) mass is 375 g/mol. The number of thiophene rings is 1. The molecule has 0 fully saturated rings. The van der Waals surface area contributed by atoms with Gasteiger partial charge in [0, 0.05) is 11.1 Å². The number of para-hydroxylation sites is 1. The Kier molecular flexibility index (Phi) is 4.32. The zero-order chi connectivity index (χ0) is 19.1. The molecule has 27 heavy (non-hydrogen) atoms. The quantitative estimate of drug-likeness (QED) is 0.509. The van der Waals surface area contributed by atoms with Crippen molar-refractivity contribution in [2.24, 2.45) is 0 Å². The van der Waals surface area contributed by atoms with Gasteiger partial charge in [-0.1, -0.05) is 35.9 Å². The highest BCUT2D eigenvalue weighted by atomic mass is 32.1. The van der Waals surface area contributed by atoms with Crippen molar-refractivity contribution >= 4 is 33.1 Å². The summed E-state index contributed by atoms with van der Waals surface area (Å²) in [4.78, 5) is 14.6. The molecule has 0 aliphatic rings. The summed E-state index contributed by atoms with van der Waals surface area (Å²) in [5.74, 6) is -0.0785. The number of hydrogen-bond acceptors (Lipinski definition) is 3. The van der Waals surface area contributed by atoms with Crippen LogP contribution in [0.25, 0.3) is 15.9 Å². The smallest absolute Gasteiger partial charge is 0.265 e. The topological polar surface area (TPSA) is 46.9 Å². The van der Waals surface area contributed by atoms with E-state index in [2.05, 4.69) is 29.5 Å². The van der Waals surface area contributed by atoms with Crippen LogP contribution in [-0.2, 0) is 0 Å². The Morgan fingerprint density at radius 3 is 2.33 bits per heavy atom. The van der Waals surface area contributed by atoms with Gasteiger partial charge in [0.1, 0.15) is 4.83 Å². The summed E-state index contributed by atoms with van der Waals surface area (Å²) in [7, 11) is 0. The number of fused-ring (bicyclic) bond motifs is 1. The fraction of sp³-hybridized carbons (Fsp3) is 0.182. The van der Waals surface area contributed by atoms with Crippen molar-refractivity contribution in [2.75, 3.05) is 5.32 Å². The molecule has 0 aliphatic heterocycles. The molecule has 2 aromatic carbocycles. The lowest BCUT2D eigenvalue weighted by atomic mass is 10.1. The second kappa shape index (κ2) is 6.67. The van der Waals surface area contributed by atoms with Gasteiger partial charge >= 0.3 is 0 Å². The highest BCUT2D eigenvalue weighted by molar-refractivity contribution is 7.20. The average Bonchev–Trinajstić information content (AvgIpc) is 3.19. The van der Waals surface area contributed by atoms with Crippen LogP contribution in [0, 0.1) is 27.7 Å². The molecule has 136 valence electrons. The maximum Gasteiger partial charge on any atom is 0.265 e. The van der Waals surface area contributed by atoms with E-state index in [0.29, 0.717) is 4.88 Å². The van der Waals surface area contributed by atoms with E-state index in [-0.39, 0.29) is 5.91 Å². The predicted molar refractivity (Wildman–Crippen MR) is 112 cm³/mol. The molecule has 2 heterocycles. The largest absolute Gasteiger partial charge is 0.321 e. The Hall–Kier alpha value is -2.92. The zero-order valence-corrected chi connectivity index (χ0v) is 16.6. The SMILES string of the molecule is Cc1cc(C)c(NC(=O)c2cc3c(C)nn(-c4ccccc4)c3s2)c(C)c1. The third kappa shape index (κ3) is 3.15. The lowest BCUT2D eigenvalue weighted by molar-refractivity contribution is 0.103. The van der Waals surface area contributed by atoms with Crippen LogP contribution in [0.5, 0.6) is 0 Å². The molecule has 0 saturated carbocycles. The van der Waals surface area contributed by atoms with E-state index >= 15 is 0 Å². The van der Waals surface area contributed by atoms with E-state index in [1.165, 1.54) is 16.9 Å². The zero-order valence-electron chi connectivity index (χ0n) is 15.8. The van der Waals surface area contributed by atoms with Crippen LogP contribution in [0.1, 0.15) is 32.1 Å². The van der Waals surface area contributed by atoms with Crippen molar-refractivity contribution in [1.82, 2.24) is 9.78 Å².